The predicted molar refractivity (Wildman–Crippen MR) is 132 cm³/mol. The van der Waals surface area contributed by atoms with Crippen molar-refractivity contribution in [3.8, 4) is 0 Å². The first kappa shape index (κ1) is 23.1. The topological polar surface area (TPSA) is 61.7 Å². The second-order valence-electron chi connectivity index (χ2n) is 9.04. The fourth-order valence-corrected chi connectivity index (χ4v) is 5.01. The highest BCUT2D eigenvalue weighted by atomic mass is 19.1. The summed E-state index contributed by atoms with van der Waals surface area (Å²) in [5.41, 5.74) is 3.85. The lowest BCUT2D eigenvalue weighted by Crippen LogP contribution is -2.49. The molecule has 3 aromatic rings. The zero-order valence-electron chi connectivity index (χ0n) is 20.0. The summed E-state index contributed by atoms with van der Waals surface area (Å²) in [6.45, 7) is 6.31. The third kappa shape index (κ3) is 4.65. The van der Waals surface area contributed by atoms with E-state index in [9.17, 15) is 14.0 Å². The van der Waals surface area contributed by atoms with Gasteiger partial charge in [-0.05, 0) is 30.7 Å². The van der Waals surface area contributed by atoms with Crippen LogP contribution in [0, 0.1) is 5.82 Å². The molecule has 0 atom stereocenters. The molecule has 0 radical (unpaired) electrons. The summed E-state index contributed by atoms with van der Waals surface area (Å²) in [6.07, 6.45) is 0.642. The fraction of sp³-hybridized carbons (Fsp3) is 0.370. The van der Waals surface area contributed by atoms with Gasteiger partial charge < -0.3 is 14.7 Å². The summed E-state index contributed by atoms with van der Waals surface area (Å²) in [4.78, 5) is 32.4. The minimum absolute atomic E-state index is 0.00858. The van der Waals surface area contributed by atoms with Crippen molar-refractivity contribution in [1.29, 1.82) is 0 Å². The van der Waals surface area contributed by atoms with Crippen LogP contribution in [-0.4, -0.2) is 64.1 Å². The third-order valence-electron chi connectivity index (χ3n) is 6.98. The SMILES string of the molecule is CCn1nc(C(=O)N2CCN(c3ccccc3)CC2)c2c1CCN(C(=O)Cc1ccccc1F)C2. The molecule has 0 spiro atoms. The highest BCUT2D eigenvalue weighted by Gasteiger charge is 2.33. The number of benzene rings is 2. The standard InChI is InChI=1S/C27H30FN5O2/c1-2-33-24-12-13-32(25(34)18-20-8-6-7-11-23(20)28)19-22(24)26(29-33)27(35)31-16-14-30(15-17-31)21-9-4-3-5-10-21/h3-11H,2,12-19H2,1H3. The number of rotatable bonds is 5. The molecule has 3 heterocycles. The van der Waals surface area contributed by atoms with Crippen LogP contribution in [0.2, 0.25) is 0 Å². The van der Waals surface area contributed by atoms with E-state index in [-0.39, 0.29) is 24.1 Å². The van der Waals surface area contributed by atoms with E-state index in [0.29, 0.717) is 50.4 Å². The molecule has 0 unspecified atom stereocenters. The Morgan fingerprint density at radius 3 is 2.34 bits per heavy atom. The van der Waals surface area contributed by atoms with Gasteiger partial charge in [0.15, 0.2) is 5.69 Å². The van der Waals surface area contributed by atoms with Gasteiger partial charge >= 0.3 is 0 Å². The Hall–Kier alpha value is -3.68. The second-order valence-corrected chi connectivity index (χ2v) is 9.04. The molecule has 2 aliphatic heterocycles. The van der Waals surface area contributed by atoms with Gasteiger partial charge in [-0.25, -0.2) is 4.39 Å². The number of fused-ring (bicyclic) bond motifs is 1. The van der Waals surface area contributed by atoms with E-state index in [0.717, 1.165) is 30.0 Å². The molecule has 1 fully saturated rings. The Morgan fingerprint density at radius 2 is 1.63 bits per heavy atom. The molecular weight excluding hydrogens is 445 g/mol. The first-order chi connectivity index (χ1) is 17.0. The number of nitrogens with zero attached hydrogens (tertiary/aromatic N) is 5. The first-order valence-electron chi connectivity index (χ1n) is 12.2. The van der Waals surface area contributed by atoms with Crippen LogP contribution in [0.4, 0.5) is 10.1 Å². The van der Waals surface area contributed by atoms with Crippen molar-refractivity contribution in [1.82, 2.24) is 19.6 Å². The molecule has 1 aromatic heterocycles. The van der Waals surface area contributed by atoms with Gasteiger partial charge in [0.1, 0.15) is 5.82 Å². The molecule has 2 amide bonds. The molecule has 8 heteroatoms. The minimum Gasteiger partial charge on any atom is -0.368 e. The van der Waals surface area contributed by atoms with Crippen LogP contribution in [-0.2, 0) is 30.7 Å². The Kier molecular flexibility index (Phi) is 6.53. The maximum atomic E-state index is 14.1. The molecule has 182 valence electrons. The van der Waals surface area contributed by atoms with Gasteiger partial charge in [-0.15, -0.1) is 0 Å². The van der Waals surface area contributed by atoms with Gasteiger partial charge in [0.25, 0.3) is 5.91 Å². The highest BCUT2D eigenvalue weighted by Crippen LogP contribution is 2.26. The van der Waals surface area contributed by atoms with E-state index in [1.54, 1.807) is 23.1 Å². The summed E-state index contributed by atoms with van der Waals surface area (Å²) >= 11 is 0. The number of amides is 2. The average Bonchev–Trinajstić information content (AvgIpc) is 3.28. The molecule has 0 bridgehead atoms. The van der Waals surface area contributed by atoms with Crippen LogP contribution in [0.3, 0.4) is 0 Å². The Labute approximate surface area is 204 Å². The van der Waals surface area contributed by atoms with E-state index in [1.807, 2.05) is 34.7 Å². The lowest BCUT2D eigenvalue weighted by atomic mass is 10.0. The smallest absolute Gasteiger partial charge is 0.274 e. The van der Waals surface area contributed by atoms with Crippen LogP contribution in [0.25, 0.3) is 0 Å². The zero-order chi connectivity index (χ0) is 24.4. The summed E-state index contributed by atoms with van der Waals surface area (Å²) < 4.78 is 16.0. The van der Waals surface area contributed by atoms with Crippen LogP contribution >= 0.6 is 0 Å². The number of halogens is 1. The molecule has 1 saturated heterocycles. The van der Waals surface area contributed by atoms with Crippen molar-refractivity contribution >= 4 is 17.5 Å². The molecular formula is C27H30FN5O2. The van der Waals surface area contributed by atoms with Crippen molar-refractivity contribution in [2.45, 2.75) is 32.9 Å². The van der Waals surface area contributed by atoms with Gasteiger partial charge in [0.2, 0.25) is 5.91 Å². The molecule has 35 heavy (non-hydrogen) atoms. The van der Waals surface area contributed by atoms with Crippen molar-refractivity contribution in [2.24, 2.45) is 0 Å². The predicted octanol–water partition coefficient (Wildman–Crippen LogP) is 3.13. The normalized spacial score (nSPS) is 15.8. The minimum atomic E-state index is -0.372. The summed E-state index contributed by atoms with van der Waals surface area (Å²) in [6, 6.07) is 16.6. The lowest BCUT2D eigenvalue weighted by Gasteiger charge is -2.36. The van der Waals surface area contributed by atoms with E-state index >= 15 is 0 Å². The van der Waals surface area contributed by atoms with Gasteiger partial charge in [-0.3, -0.25) is 14.3 Å². The van der Waals surface area contributed by atoms with Crippen LogP contribution in [0.5, 0.6) is 0 Å². The number of anilines is 1. The average molecular weight is 476 g/mol. The molecule has 7 nitrogen and oxygen atoms in total. The lowest BCUT2D eigenvalue weighted by molar-refractivity contribution is -0.131. The van der Waals surface area contributed by atoms with Gasteiger partial charge in [-0.1, -0.05) is 36.4 Å². The number of piperazine rings is 1. The third-order valence-corrected chi connectivity index (χ3v) is 6.98. The van der Waals surface area contributed by atoms with Gasteiger partial charge in [0, 0.05) is 69.2 Å². The van der Waals surface area contributed by atoms with Crippen molar-refractivity contribution in [3.63, 3.8) is 0 Å². The fourth-order valence-electron chi connectivity index (χ4n) is 5.01. The van der Waals surface area contributed by atoms with Crippen molar-refractivity contribution < 1.29 is 14.0 Å². The molecule has 5 rings (SSSR count). The Bertz CT molecular complexity index is 1220. The number of aromatic nitrogens is 2. The molecule has 2 aromatic carbocycles. The summed E-state index contributed by atoms with van der Waals surface area (Å²) in [5.74, 6) is -0.590. The Balaban J connectivity index is 1.31. The van der Waals surface area contributed by atoms with Crippen LogP contribution < -0.4 is 4.90 Å². The number of carbonyl (C=O) groups is 2. The molecule has 0 saturated carbocycles. The number of hydrogen-bond donors (Lipinski definition) is 0. The first-order valence-corrected chi connectivity index (χ1v) is 12.2. The van der Waals surface area contributed by atoms with E-state index in [2.05, 4.69) is 22.1 Å². The molecule has 0 aliphatic carbocycles. The number of carbonyl (C=O) groups excluding carboxylic acids is 2. The summed E-state index contributed by atoms with van der Waals surface area (Å²) in [7, 11) is 0. The maximum Gasteiger partial charge on any atom is 0.274 e. The number of para-hydroxylation sites is 1. The van der Waals surface area contributed by atoms with E-state index in [4.69, 9.17) is 0 Å². The largest absolute Gasteiger partial charge is 0.368 e. The maximum absolute atomic E-state index is 14.1. The molecule has 2 aliphatic rings. The van der Waals surface area contributed by atoms with Crippen molar-refractivity contribution in [3.05, 3.63) is 82.9 Å². The summed E-state index contributed by atoms with van der Waals surface area (Å²) in [5, 5.41) is 4.67. The van der Waals surface area contributed by atoms with Gasteiger partial charge in [0.05, 0.1) is 6.42 Å². The highest BCUT2D eigenvalue weighted by molar-refractivity contribution is 5.94. The van der Waals surface area contributed by atoms with Crippen LogP contribution in [0.15, 0.2) is 54.6 Å². The van der Waals surface area contributed by atoms with Crippen molar-refractivity contribution in [2.75, 3.05) is 37.6 Å². The Morgan fingerprint density at radius 1 is 0.914 bits per heavy atom. The quantitative estimate of drug-likeness (QED) is 0.569. The monoisotopic (exact) mass is 475 g/mol. The molecule has 0 N–H and O–H groups in total. The second kappa shape index (κ2) is 9.90. The number of aryl methyl sites for hydroxylation is 1. The van der Waals surface area contributed by atoms with Crippen LogP contribution in [0.1, 0.15) is 34.2 Å². The number of hydrogen-bond acceptors (Lipinski definition) is 4. The zero-order valence-corrected chi connectivity index (χ0v) is 20.0. The van der Waals surface area contributed by atoms with E-state index in [1.165, 1.54) is 6.07 Å². The van der Waals surface area contributed by atoms with E-state index < -0.39 is 0 Å². The van der Waals surface area contributed by atoms with Gasteiger partial charge in [-0.2, -0.15) is 5.10 Å².